The summed E-state index contributed by atoms with van der Waals surface area (Å²) < 4.78 is 14.7. The Kier molecular flexibility index (Phi) is 3.98. The van der Waals surface area contributed by atoms with Crippen LogP contribution in [0.4, 0.5) is 4.39 Å². The number of hydrogen-bond donors (Lipinski definition) is 1. The van der Waals surface area contributed by atoms with Crippen molar-refractivity contribution < 1.29 is 14.3 Å². The van der Waals surface area contributed by atoms with Gasteiger partial charge in [-0.3, -0.25) is 4.79 Å². The summed E-state index contributed by atoms with van der Waals surface area (Å²) >= 11 is 0. The van der Waals surface area contributed by atoms with Gasteiger partial charge in [0.05, 0.1) is 12.6 Å². The first-order valence-electron chi connectivity index (χ1n) is 7.42. The Morgan fingerprint density at radius 2 is 2.05 bits per heavy atom. The van der Waals surface area contributed by atoms with Gasteiger partial charge in [0.1, 0.15) is 11.5 Å². The minimum absolute atomic E-state index is 0.0730. The van der Waals surface area contributed by atoms with Crippen molar-refractivity contribution in [3.8, 4) is 0 Å². The van der Waals surface area contributed by atoms with Gasteiger partial charge in [-0.25, -0.2) is 4.39 Å². The van der Waals surface area contributed by atoms with Crippen LogP contribution < -0.4 is 0 Å². The largest absolute Gasteiger partial charge is 0.387 e. The molecule has 1 N–H and O–H groups in total. The van der Waals surface area contributed by atoms with E-state index in [2.05, 4.69) is 0 Å². The molecular formula is C17H19FN2O2. The van der Waals surface area contributed by atoms with Gasteiger partial charge in [-0.15, -0.1) is 0 Å². The van der Waals surface area contributed by atoms with Crippen LogP contribution in [0.5, 0.6) is 0 Å². The molecule has 116 valence electrons. The predicted molar refractivity (Wildman–Crippen MR) is 80.8 cm³/mol. The highest BCUT2D eigenvalue weighted by atomic mass is 19.1. The number of aryl methyl sites for hydroxylation is 1. The number of halogens is 1. The van der Waals surface area contributed by atoms with Gasteiger partial charge in [0, 0.05) is 19.3 Å². The van der Waals surface area contributed by atoms with E-state index in [9.17, 15) is 14.3 Å². The van der Waals surface area contributed by atoms with Gasteiger partial charge in [0.15, 0.2) is 0 Å². The Labute approximate surface area is 128 Å². The molecule has 0 spiro atoms. The molecule has 2 aromatic rings. The molecule has 1 unspecified atom stereocenters. The third-order valence-corrected chi connectivity index (χ3v) is 4.04. The van der Waals surface area contributed by atoms with Gasteiger partial charge >= 0.3 is 0 Å². The van der Waals surface area contributed by atoms with Crippen molar-refractivity contribution in [2.75, 3.05) is 6.54 Å². The summed E-state index contributed by atoms with van der Waals surface area (Å²) in [7, 11) is 1.83. The zero-order chi connectivity index (χ0) is 15.7. The molecule has 1 aromatic heterocycles. The highest BCUT2D eigenvalue weighted by molar-refractivity contribution is 5.93. The third kappa shape index (κ3) is 3.04. The average molecular weight is 302 g/mol. The summed E-state index contributed by atoms with van der Waals surface area (Å²) in [5, 5.41) is 10.4. The molecule has 22 heavy (non-hydrogen) atoms. The van der Waals surface area contributed by atoms with Crippen LogP contribution in [0.1, 0.15) is 35.0 Å². The van der Waals surface area contributed by atoms with Crippen molar-refractivity contribution in [3.63, 3.8) is 0 Å². The Morgan fingerprint density at radius 1 is 1.36 bits per heavy atom. The van der Waals surface area contributed by atoms with Gasteiger partial charge in [-0.2, -0.15) is 0 Å². The highest BCUT2D eigenvalue weighted by Crippen LogP contribution is 2.30. The van der Waals surface area contributed by atoms with Crippen LogP contribution in [0.3, 0.4) is 0 Å². The van der Waals surface area contributed by atoms with Crippen LogP contribution in [0.15, 0.2) is 42.6 Å². The molecule has 0 aliphatic heterocycles. The number of carbonyl (C=O) groups is 1. The minimum atomic E-state index is -0.814. The van der Waals surface area contributed by atoms with E-state index in [0.29, 0.717) is 11.3 Å². The van der Waals surface area contributed by atoms with E-state index in [4.69, 9.17) is 0 Å². The lowest BCUT2D eigenvalue weighted by molar-refractivity contribution is 0.0594. The fraction of sp³-hybridized carbons (Fsp3) is 0.353. The van der Waals surface area contributed by atoms with E-state index in [0.717, 1.165) is 12.8 Å². The maximum atomic E-state index is 13.0. The number of benzene rings is 1. The topological polar surface area (TPSA) is 45.5 Å². The summed E-state index contributed by atoms with van der Waals surface area (Å²) in [5.41, 5.74) is 1.23. The van der Waals surface area contributed by atoms with Crippen LogP contribution >= 0.6 is 0 Å². The fourth-order valence-corrected chi connectivity index (χ4v) is 2.59. The first-order chi connectivity index (χ1) is 10.6. The van der Waals surface area contributed by atoms with Crippen LogP contribution in [-0.4, -0.2) is 33.1 Å². The molecule has 1 atom stereocenters. The molecule has 0 bridgehead atoms. The SMILES string of the molecule is Cn1cccc1C(=O)N(CC(O)c1ccc(F)cc1)C1CC1. The second-order valence-electron chi connectivity index (χ2n) is 5.76. The molecule has 4 nitrogen and oxygen atoms in total. The quantitative estimate of drug-likeness (QED) is 0.922. The Hall–Kier alpha value is -2.14. The number of hydrogen-bond acceptors (Lipinski definition) is 2. The van der Waals surface area contributed by atoms with Crippen molar-refractivity contribution in [1.29, 1.82) is 0 Å². The summed E-state index contributed by atoms with van der Waals surface area (Å²) in [6, 6.07) is 9.54. The van der Waals surface area contributed by atoms with E-state index in [1.54, 1.807) is 27.7 Å². The Bertz CT molecular complexity index is 662. The lowest BCUT2D eigenvalue weighted by Crippen LogP contribution is -2.37. The summed E-state index contributed by atoms with van der Waals surface area (Å²) in [6.45, 7) is 0.223. The number of carbonyl (C=O) groups excluding carboxylic acids is 1. The first-order valence-corrected chi connectivity index (χ1v) is 7.42. The van der Waals surface area contributed by atoms with Gasteiger partial charge < -0.3 is 14.6 Å². The van der Waals surface area contributed by atoms with E-state index < -0.39 is 6.10 Å². The molecule has 1 heterocycles. The van der Waals surface area contributed by atoms with Gasteiger partial charge in [0.2, 0.25) is 0 Å². The predicted octanol–water partition coefficient (Wildman–Crippen LogP) is 2.50. The molecule has 0 saturated heterocycles. The smallest absolute Gasteiger partial charge is 0.270 e. The van der Waals surface area contributed by atoms with Crippen LogP contribution in [0, 0.1) is 5.82 Å². The third-order valence-electron chi connectivity index (χ3n) is 4.04. The normalized spacial score (nSPS) is 15.6. The van der Waals surface area contributed by atoms with Crippen molar-refractivity contribution in [2.45, 2.75) is 25.0 Å². The number of nitrogens with zero attached hydrogens (tertiary/aromatic N) is 2. The number of aliphatic hydroxyl groups is 1. The monoisotopic (exact) mass is 302 g/mol. The molecule has 1 amide bonds. The number of aliphatic hydroxyl groups excluding tert-OH is 1. The van der Waals surface area contributed by atoms with Crippen molar-refractivity contribution >= 4 is 5.91 Å². The van der Waals surface area contributed by atoms with Crippen molar-refractivity contribution in [1.82, 2.24) is 9.47 Å². The minimum Gasteiger partial charge on any atom is -0.387 e. The standard InChI is InChI=1S/C17H19FN2O2/c1-19-10-2-3-15(19)17(22)20(14-8-9-14)11-16(21)12-4-6-13(18)7-5-12/h2-7,10,14,16,21H,8-9,11H2,1H3. The highest BCUT2D eigenvalue weighted by Gasteiger charge is 2.35. The number of rotatable bonds is 5. The molecule has 0 radical (unpaired) electrons. The van der Waals surface area contributed by atoms with E-state index in [1.165, 1.54) is 12.1 Å². The van der Waals surface area contributed by atoms with Gasteiger partial charge in [0.25, 0.3) is 5.91 Å². The second kappa shape index (κ2) is 5.93. The van der Waals surface area contributed by atoms with Crippen LogP contribution in [-0.2, 0) is 7.05 Å². The molecule has 1 aliphatic carbocycles. The summed E-state index contributed by atoms with van der Waals surface area (Å²) in [6.07, 6.45) is 2.94. The number of amides is 1. The number of aromatic nitrogens is 1. The summed E-state index contributed by atoms with van der Waals surface area (Å²) in [5.74, 6) is -0.411. The molecular weight excluding hydrogens is 283 g/mol. The second-order valence-corrected chi connectivity index (χ2v) is 5.76. The van der Waals surface area contributed by atoms with Crippen molar-refractivity contribution in [2.24, 2.45) is 7.05 Å². The van der Waals surface area contributed by atoms with Crippen LogP contribution in [0.25, 0.3) is 0 Å². The maximum Gasteiger partial charge on any atom is 0.270 e. The fourth-order valence-electron chi connectivity index (χ4n) is 2.59. The van der Waals surface area contributed by atoms with Gasteiger partial charge in [-0.1, -0.05) is 12.1 Å². The van der Waals surface area contributed by atoms with Crippen molar-refractivity contribution in [3.05, 3.63) is 59.7 Å². The average Bonchev–Trinajstić information content (AvgIpc) is 3.26. The van der Waals surface area contributed by atoms with E-state index in [1.807, 2.05) is 19.3 Å². The lowest BCUT2D eigenvalue weighted by atomic mass is 10.1. The molecule has 1 saturated carbocycles. The molecule has 5 heteroatoms. The van der Waals surface area contributed by atoms with Gasteiger partial charge in [-0.05, 0) is 42.7 Å². The molecule has 1 fully saturated rings. The first kappa shape index (κ1) is 14.8. The summed E-state index contributed by atoms with van der Waals surface area (Å²) in [4.78, 5) is 14.4. The van der Waals surface area contributed by atoms with E-state index >= 15 is 0 Å². The van der Waals surface area contributed by atoms with E-state index in [-0.39, 0.29) is 24.3 Å². The molecule has 1 aliphatic rings. The Balaban J connectivity index is 1.76. The van der Waals surface area contributed by atoms with Crippen LogP contribution in [0.2, 0.25) is 0 Å². The lowest BCUT2D eigenvalue weighted by Gasteiger charge is -2.25. The molecule has 1 aromatic carbocycles. The Morgan fingerprint density at radius 3 is 2.59 bits per heavy atom. The maximum absolute atomic E-state index is 13.0. The molecule has 3 rings (SSSR count). The zero-order valence-electron chi connectivity index (χ0n) is 12.4. The zero-order valence-corrected chi connectivity index (χ0v) is 12.4.